The molecule has 1 aliphatic heterocycles. The highest BCUT2D eigenvalue weighted by molar-refractivity contribution is 7.89. The second-order valence-electron chi connectivity index (χ2n) is 6.27. The van der Waals surface area contributed by atoms with Crippen LogP contribution in [0.3, 0.4) is 0 Å². The molecule has 27 heavy (non-hydrogen) atoms. The quantitative estimate of drug-likeness (QED) is 0.687. The van der Waals surface area contributed by atoms with E-state index in [1.165, 1.54) is 17.5 Å². The van der Waals surface area contributed by atoms with E-state index < -0.39 is 10.0 Å². The van der Waals surface area contributed by atoms with Crippen LogP contribution in [0, 0.1) is 0 Å². The molecule has 2 N–H and O–H groups in total. The number of carbonyl (C=O) groups is 1. The van der Waals surface area contributed by atoms with Crippen molar-refractivity contribution in [3.63, 3.8) is 0 Å². The predicted molar refractivity (Wildman–Crippen MR) is 105 cm³/mol. The maximum Gasteiger partial charge on any atom is 0.246 e. The maximum atomic E-state index is 13.0. The van der Waals surface area contributed by atoms with E-state index in [0.717, 1.165) is 0 Å². The average Bonchev–Trinajstić information content (AvgIpc) is 2.67. The van der Waals surface area contributed by atoms with Gasteiger partial charge in [-0.3, -0.25) is 4.79 Å². The first-order chi connectivity index (χ1) is 12.3. The monoisotopic (exact) mass is 421 g/mol. The molecule has 1 unspecified atom stereocenters. The Hall–Kier alpha value is -1.39. The molecule has 154 valence electrons. The van der Waals surface area contributed by atoms with Crippen LogP contribution < -0.4 is 10.5 Å². The third-order valence-corrected chi connectivity index (χ3v) is 6.49. The van der Waals surface area contributed by atoms with Gasteiger partial charge in [-0.05, 0) is 24.6 Å². The van der Waals surface area contributed by atoms with Gasteiger partial charge in [-0.15, -0.1) is 12.4 Å². The van der Waals surface area contributed by atoms with Gasteiger partial charge < -0.3 is 20.1 Å². The lowest BCUT2D eigenvalue weighted by atomic mass is 10.1. The Morgan fingerprint density at radius 3 is 2.56 bits per heavy atom. The number of benzene rings is 1. The lowest BCUT2D eigenvalue weighted by Gasteiger charge is -2.27. The van der Waals surface area contributed by atoms with Gasteiger partial charge in [0.1, 0.15) is 10.6 Å². The minimum absolute atomic E-state index is 0. The van der Waals surface area contributed by atoms with E-state index in [4.69, 9.17) is 15.2 Å². The second-order valence-corrected chi connectivity index (χ2v) is 8.17. The van der Waals surface area contributed by atoms with Gasteiger partial charge in [0.2, 0.25) is 15.9 Å². The molecule has 1 atom stereocenters. The standard InChI is InChI=1S/C17H27N3O5S.ClH/c1-13(12-18)19(2)17(21)11-14-4-5-15(24-3)16(10-14)26(22,23)20-6-8-25-9-7-20;/h4-5,10,13H,6-9,11-12,18H2,1-3H3;1H. The van der Waals surface area contributed by atoms with Crippen molar-refractivity contribution < 1.29 is 22.7 Å². The Morgan fingerprint density at radius 2 is 2.00 bits per heavy atom. The van der Waals surface area contributed by atoms with Crippen LogP contribution in [-0.2, 0) is 26.0 Å². The summed E-state index contributed by atoms with van der Waals surface area (Å²) in [6.45, 7) is 3.54. The Morgan fingerprint density at radius 1 is 1.37 bits per heavy atom. The van der Waals surface area contributed by atoms with Gasteiger partial charge in [-0.1, -0.05) is 6.07 Å². The number of nitrogens with two attached hydrogens (primary N) is 1. The second kappa shape index (κ2) is 10.2. The van der Waals surface area contributed by atoms with Gasteiger partial charge in [0.15, 0.2) is 0 Å². The van der Waals surface area contributed by atoms with Gasteiger partial charge in [0.05, 0.1) is 26.7 Å². The molecule has 1 aromatic carbocycles. The van der Waals surface area contributed by atoms with Crippen molar-refractivity contribution in [2.24, 2.45) is 5.73 Å². The van der Waals surface area contributed by atoms with Crippen LogP contribution in [0.1, 0.15) is 12.5 Å². The van der Waals surface area contributed by atoms with E-state index in [1.807, 2.05) is 6.92 Å². The molecule has 0 spiro atoms. The van der Waals surface area contributed by atoms with Crippen molar-refractivity contribution in [1.82, 2.24) is 9.21 Å². The molecule has 8 nitrogen and oxygen atoms in total. The van der Waals surface area contributed by atoms with Gasteiger partial charge in [-0.25, -0.2) is 8.42 Å². The van der Waals surface area contributed by atoms with Crippen LogP contribution in [0.2, 0.25) is 0 Å². The molecule has 2 rings (SSSR count). The number of ether oxygens (including phenoxy) is 2. The van der Waals surface area contributed by atoms with E-state index in [9.17, 15) is 13.2 Å². The van der Waals surface area contributed by atoms with Crippen LogP contribution in [0.25, 0.3) is 0 Å². The molecule has 0 radical (unpaired) electrons. The summed E-state index contributed by atoms with van der Waals surface area (Å²) in [4.78, 5) is 14.0. The number of methoxy groups -OCH3 is 1. The number of hydrogen-bond acceptors (Lipinski definition) is 6. The first kappa shape index (κ1) is 23.6. The number of hydrogen-bond donors (Lipinski definition) is 1. The van der Waals surface area contributed by atoms with Crippen molar-refractivity contribution in [3.8, 4) is 5.75 Å². The summed E-state index contributed by atoms with van der Waals surface area (Å²) in [6.07, 6.45) is 0.0937. The van der Waals surface area contributed by atoms with Crippen LogP contribution in [0.15, 0.2) is 23.1 Å². The molecule has 0 bridgehead atoms. The molecule has 1 aliphatic rings. The number of sulfonamides is 1. The molecule has 0 aromatic heterocycles. The van der Waals surface area contributed by atoms with Crippen LogP contribution in [-0.4, -0.2) is 76.6 Å². The molecule has 0 aliphatic carbocycles. The number of nitrogens with zero attached hydrogens (tertiary/aromatic N) is 2. The van der Waals surface area contributed by atoms with Crippen LogP contribution in [0.4, 0.5) is 0 Å². The predicted octanol–water partition coefficient (Wildman–Crippen LogP) is 0.486. The molecule has 1 fully saturated rings. The summed E-state index contributed by atoms with van der Waals surface area (Å²) >= 11 is 0. The van der Waals surface area contributed by atoms with E-state index in [1.54, 1.807) is 24.1 Å². The fourth-order valence-corrected chi connectivity index (χ4v) is 4.28. The Balaban J connectivity index is 0.00000364. The number of morpholine rings is 1. The molecular formula is C17H28ClN3O5S. The average molecular weight is 422 g/mol. The largest absolute Gasteiger partial charge is 0.495 e. The van der Waals surface area contributed by atoms with Gasteiger partial charge in [-0.2, -0.15) is 4.31 Å². The third-order valence-electron chi connectivity index (χ3n) is 4.57. The molecule has 1 saturated heterocycles. The maximum absolute atomic E-state index is 13.0. The molecule has 1 amide bonds. The molecule has 0 saturated carbocycles. The van der Waals surface area contributed by atoms with Crippen LogP contribution >= 0.6 is 12.4 Å². The minimum atomic E-state index is -3.72. The summed E-state index contributed by atoms with van der Waals surface area (Å²) in [5, 5.41) is 0. The van der Waals surface area contributed by atoms with Crippen LogP contribution in [0.5, 0.6) is 5.75 Å². The van der Waals surface area contributed by atoms with Crippen molar-refractivity contribution >= 4 is 28.3 Å². The SMILES string of the molecule is COc1ccc(CC(=O)N(C)C(C)CN)cc1S(=O)(=O)N1CCOCC1.Cl. The van der Waals surface area contributed by atoms with Gasteiger partial charge in [0.25, 0.3) is 0 Å². The van der Waals surface area contributed by atoms with Gasteiger partial charge in [0, 0.05) is 32.7 Å². The molecular weight excluding hydrogens is 394 g/mol. The highest BCUT2D eigenvalue weighted by atomic mass is 35.5. The fraction of sp³-hybridized carbons (Fsp3) is 0.588. The number of likely N-dealkylation sites (N-methyl/N-ethyl adjacent to an activating group) is 1. The van der Waals surface area contributed by atoms with Crippen molar-refractivity contribution in [1.29, 1.82) is 0 Å². The Kier molecular flexibility index (Phi) is 8.97. The summed E-state index contributed by atoms with van der Waals surface area (Å²) in [7, 11) is -0.606. The fourth-order valence-electron chi connectivity index (χ4n) is 2.66. The van der Waals surface area contributed by atoms with E-state index >= 15 is 0 Å². The van der Waals surface area contributed by atoms with Crippen molar-refractivity contribution in [2.45, 2.75) is 24.3 Å². The van der Waals surface area contributed by atoms with Gasteiger partial charge >= 0.3 is 0 Å². The lowest BCUT2D eigenvalue weighted by molar-refractivity contribution is -0.130. The first-order valence-corrected chi connectivity index (χ1v) is 9.95. The number of carbonyl (C=O) groups excluding carboxylic acids is 1. The third kappa shape index (κ3) is 5.55. The Labute approximate surface area is 167 Å². The summed E-state index contributed by atoms with van der Waals surface area (Å²) in [5.41, 5.74) is 6.21. The number of rotatable bonds is 7. The zero-order valence-corrected chi connectivity index (χ0v) is 17.5. The first-order valence-electron chi connectivity index (χ1n) is 8.51. The lowest BCUT2D eigenvalue weighted by Crippen LogP contribution is -2.41. The molecule has 10 heteroatoms. The molecule has 1 heterocycles. The van der Waals surface area contributed by atoms with Crippen molar-refractivity contribution in [3.05, 3.63) is 23.8 Å². The topological polar surface area (TPSA) is 102 Å². The summed E-state index contributed by atoms with van der Waals surface area (Å²) in [6, 6.07) is 4.72. The Bertz CT molecular complexity index is 738. The smallest absolute Gasteiger partial charge is 0.246 e. The normalized spacial score (nSPS) is 16.3. The van der Waals surface area contributed by atoms with E-state index in [-0.39, 0.29) is 41.4 Å². The summed E-state index contributed by atoms with van der Waals surface area (Å²) in [5.74, 6) is 0.138. The minimum Gasteiger partial charge on any atom is -0.495 e. The molecule has 1 aromatic rings. The summed E-state index contributed by atoms with van der Waals surface area (Å²) < 4.78 is 37.8. The van der Waals surface area contributed by atoms with E-state index in [0.29, 0.717) is 38.4 Å². The highest BCUT2D eigenvalue weighted by Crippen LogP contribution is 2.28. The zero-order chi connectivity index (χ0) is 19.3. The van der Waals surface area contributed by atoms with E-state index in [2.05, 4.69) is 0 Å². The highest BCUT2D eigenvalue weighted by Gasteiger charge is 2.29. The van der Waals surface area contributed by atoms with Crippen molar-refractivity contribution in [2.75, 3.05) is 47.0 Å². The number of amides is 1. The zero-order valence-electron chi connectivity index (χ0n) is 15.9. The number of halogens is 1.